The van der Waals surface area contributed by atoms with Crippen molar-refractivity contribution < 1.29 is 0 Å². The highest BCUT2D eigenvalue weighted by atomic mass is 15.2. The topological polar surface area (TPSA) is 29.3 Å². The molecule has 104 valence electrons. The van der Waals surface area contributed by atoms with Crippen LogP contribution in [-0.2, 0) is 0 Å². The van der Waals surface area contributed by atoms with E-state index in [1.54, 1.807) is 0 Å². The fourth-order valence-corrected chi connectivity index (χ4v) is 3.71. The molecule has 0 unspecified atom stereocenters. The summed E-state index contributed by atoms with van der Waals surface area (Å²) >= 11 is 0. The Hall–Kier alpha value is -0.340. The highest BCUT2D eigenvalue weighted by Crippen LogP contribution is 2.29. The highest BCUT2D eigenvalue weighted by Gasteiger charge is 2.27. The zero-order chi connectivity index (χ0) is 12.6. The summed E-state index contributed by atoms with van der Waals surface area (Å²) in [6.45, 7) is 1.82. The van der Waals surface area contributed by atoms with E-state index in [0.29, 0.717) is 6.54 Å². The molecule has 2 heteroatoms. The predicted molar refractivity (Wildman–Crippen MR) is 78.6 cm³/mol. The SMILES string of the molecule is NCC=CCN(C1CCCCC1)C1CCCCC1. The van der Waals surface area contributed by atoms with Gasteiger partial charge in [0.05, 0.1) is 0 Å². The van der Waals surface area contributed by atoms with E-state index < -0.39 is 0 Å². The molecule has 0 bridgehead atoms. The normalized spacial score (nSPS) is 24.1. The van der Waals surface area contributed by atoms with E-state index in [1.165, 1.54) is 64.2 Å². The van der Waals surface area contributed by atoms with Crippen molar-refractivity contribution in [1.29, 1.82) is 0 Å². The summed E-state index contributed by atoms with van der Waals surface area (Å²) in [5.74, 6) is 0. The predicted octanol–water partition coefficient (Wildman–Crippen LogP) is 3.47. The third kappa shape index (κ3) is 4.10. The van der Waals surface area contributed by atoms with Gasteiger partial charge in [0.25, 0.3) is 0 Å². The summed E-state index contributed by atoms with van der Waals surface area (Å²) in [6, 6.07) is 1.70. The van der Waals surface area contributed by atoms with Gasteiger partial charge in [-0.1, -0.05) is 50.7 Å². The van der Waals surface area contributed by atoms with E-state index in [1.807, 2.05) is 0 Å². The molecule has 0 saturated heterocycles. The van der Waals surface area contributed by atoms with Crippen molar-refractivity contribution >= 4 is 0 Å². The maximum atomic E-state index is 5.57. The van der Waals surface area contributed by atoms with Crippen LogP contribution in [0.3, 0.4) is 0 Å². The Bertz CT molecular complexity index is 219. The van der Waals surface area contributed by atoms with Crippen LogP contribution in [0.5, 0.6) is 0 Å². The van der Waals surface area contributed by atoms with Gasteiger partial charge in [0.15, 0.2) is 0 Å². The zero-order valence-corrected chi connectivity index (χ0v) is 11.8. The standard InChI is InChI=1S/C16H30N2/c17-13-7-8-14-18(15-9-3-1-4-10-15)16-11-5-2-6-12-16/h7-8,15-16H,1-6,9-14,17H2. The molecule has 0 spiro atoms. The molecule has 0 heterocycles. The molecule has 2 fully saturated rings. The largest absolute Gasteiger partial charge is 0.327 e. The van der Waals surface area contributed by atoms with E-state index >= 15 is 0 Å². The molecule has 0 aromatic carbocycles. The van der Waals surface area contributed by atoms with Crippen molar-refractivity contribution in [3.05, 3.63) is 12.2 Å². The van der Waals surface area contributed by atoms with Crippen LogP contribution >= 0.6 is 0 Å². The average Bonchev–Trinajstić information content (AvgIpc) is 2.46. The first kappa shape index (κ1) is 14.1. The summed E-state index contributed by atoms with van der Waals surface area (Å²) in [7, 11) is 0. The van der Waals surface area contributed by atoms with E-state index in [4.69, 9.17) is 5.73 Å². The van der Waals surface area contributed by atoms with Gasteiger partial charge in [0.2, 0.25) is 0 Å². The van der Waals surface area contributed by atoms with Gasteiger partial charge in [-0.15, -0.1) is 0 Å². The lowest BCUT2D eigenvalue weighted by atomic mass is 9.88. The van der Waals surface area contributed by atoms with Crippen LogP contribution in [0.15, 0.2) is 12.2 Å². The lowest BCUT2D eigenvalue weighted by molar-refractivity contribution is 0.0939. The van der Waals surface area contributed by atoms with Gasteiger partial charge >= 0.3 is 0 Å². The first-order chi connectivity index (χ1) is 8.92. The second kappa shape index (κ2) is 7.96. The average molecular weight is 250 g/mol. The second-order valence-electron chi connectivity index (χ2n) is 5.99. The summed E-state index contributed by atoms with van der Waals surface area (Å²) in [6.07, 6.45) is 18.8. The lowest BCUT2D eigenvalue weighted by Crippen LogP contribution is -2.45. The van der Waals surface area contributed by atoms with Gasteiger partial charge in [-0.2, -0.15) is 0 Å². The number of rotatable bonds is 5. The minimum atomic E-state index is 0.684. The van der Waals surface area contributed by atoms with Crippen molar-refractivity contribution in [2.45, 2.75) is 76.3 Å². The van der Waals surface area contributed by atoms with Crippen LogP contribution in [0.1, 0.15) is 64.2 Å². The molecule has 2 rings (SSSR count). The third-order valence-corrected chi connectivity index (χ3v) is 4.71. The molecule has 2 aliphatic carbocycles. The maximum absolute atomic E-state index is 5.57. The van der Waals surface area contributed by atoms with E-state index in [2.05, 4.69) is 17.1 Å². The van der Waals surface area contributed by atoms with Crippen molar-refractivity contribution in [2.75, 3.05) is 13.1 Å². The molecule has 0 atom stereocenters. The Balaban J connectivity index is 1.93. The van der Waals surface area contributed by atoms with E-state index in [-0.39, 0.29) is 0 Å². The van der Waals surface area contributed by atoms with Gasteiger partial charge in [-0.3, -0.25) is 4.90 Å². The summed E-state index contributed by atoms with van der Waals surface area (Å²) in [5.41, 5.74) is 5.57. The van der Waals surface area contributed by atoms with E-state index in [0.717, 1.165) is 18.6 Å². The Kier molecular flexibility index (Phi) is 6.22. The Morgan fingerprint density at radius 1 is 0.778 bits per heavy atom. The number of nitrogens with two attached hydrogens (primary N) is 1. The Morgan fingerprint density at radius 3 is 1.72 bits per heavy atom. The van der Waals surface area contributed by atoms with Crippen molar-refractivity contribution in [1.82, 2.24) is 4.90 Å². The van der Waals surface area contributed by atoms with Crippen LogP contribution in [0.4, 0.5) is 0 Å². The van der Waals surface area contributed by atoms with Gasteiger partial charge in [-0.05, 0) is 25.7 Å². The molecule has 2 nitrogen and oxygen atoms in total. The fraction of sp³-hybridized carbons (Fsp3) is 0.875. The van der Waals surface area contributed by atoms with Crippen molar-refractivity contribution in [3.8, 4) is 0 Å². The molecule has 2 aliphatic rings. The van der Waals surface area contributed by atoms with E-state index in [9.17, 15) is 0 Å². The van der Waals surface area contributed by atoms with Crippen molar-refractivity contribution in [2.24, 2.45) is 5.73 Å². The van der Waals surface area contributed by atoms with Gasteiger partial charge in [-0.25, -0.2) is 0 Å². The number of hydrogen-bond acceptors (Lipinski definition) is 2. The van der Waals surface area contributed by atoms with Gasteiger partial charge < -0.3 is 5.73 Å². The second-order valence-corrected chi connectivity index (χ2v) is 5.99. The van der Waals surface area contributed by atoms with Crippen LogP contribution in [0.2, 0.25) is 0 Å². The quantitative estimate of drug-likeness (QED) is 0.757. The minimum absolute atomic E-state index is 0.684. The van der Waals surface area contributed by atoms with Gasteiger partial charge in [0, 0.05) is 25.2 Å². The lowest BCUT2D eigenvalue weighted by Gasteiger charge is -2.41. The zero-order valence-electron chi connectivity index (χ0n) is 11.8. The van der Waals surface area contributed by atoms with Crippen LogP contribution < -0.4 is 5.73 Å². The molecule has 0 aromatic heterocycles. The smallest absolute Gasteiger partial charge is 0.0169 e. The molecular formula is C16H30N2. The summed E-state index contributed by atoms with van der Waals surface area (Å²) < 4.78 is 0. The maximum Gasteiger partial charge on any atom is 0.0169 e. The minimum Gasteiger partial charge on any atom is -0.327 e. The monoisotopic (exact) mass is 250 g/mol. The molecule has 2 saturated carbocycles. The molecule has 0 aromatic rings. The van der Waals surface area contributed by atoms with Crippen molar-refractivity contribution in [3.63, 3.8) is 0 Å². The molecule has 18 heavy (non-hydrogen) atoms. The molecular weight excluding hydrogens is 220 g/mol. The van der Waals surface area contributed by atoms with Crippen LogP contribution in [0.25, 0.3) is 0 Å². The van der Waals surface area contributed by atoms with Gasteiger partial charge in [0.1, 0.15) is 0 Å². The molecule has 0 amide bonds. The third-order valence-electron chi connectivity index (χ3n) is 4.71. The fourth-order valence-electron chi connectivity index (χ4n) is 3.71. The van der Waals surface area contributed by atoms with Crippen LogP contribution in [0, 0.1) is 0 Å². The highest BCUT2D eigenvalue weighted by molar-refractivity contribution is 4.91. The van der Waals surface area contributed by atoms with Crippen LogP contribution in [-0.4, -0.2) is 30.1 Å². The Morgan fingerprint density at radius 2 is 1.28 bits per heavy atom. The molecule has 0 radical (unpaired) electrons. The summed E-state index contributed by atoms with van der Waals surface area (Å²) in [5, 5.41) is 0. The first-order valence-electron chi connectivity index (χ1n) is 8.02. The molecule has 2 N–H and O–H groups in total. The molecule has 0 aliphatic heterocycles. The Labute approximate surface area is 113 Å². The summed E-state index contributed by atoms with van der Waals surface area (Å²) in [4.78, 5) is 2.81. The first-order valence-corrected chi connectivity index (χ1v) is 8.02. The number of nitrogens with zero attached hydrogens (tertiary/aromatic N) is 1. The number of hydrogen-bond donors (Lipinski definition) is 1.